The Morgan fingerprint density at radius 1 is 0.438 bits per heavy atom. The van der Waals surface area contributed by atoms with Gasteiger partial charge in [0, 0.05) is 22.3 Å². The number of fused-ring (bicyclic) bond motifs is 10. The molecular formula is C18H6Cl12O2. The molecule has 0 fully saturated rings. The van der Waals surface area contributed by atoms with Gasteiger partial charge in [0.2, 0.25) is 0 Å². The minimum atomic E-state index is -1.98. The molecule has 0 saturated carbocycles. The highest BCUT2D eigenvalue weighted by molar-refractivity contribution is 6.67. The number of hydrogen-bond donors (Lipinski definition) is 0. The molecule has 0 spiro atoms. The minimum absolute atomic E-state index is 0.0619. The van der Waals surface area contributed by atoms with Crippen molar-refractivity contribution in [2.24, 2.45) is 0 Å². The first-order valence-corrected chi connectivity index (χ1v) is 13.0. The van der Waals surface area contributed by atoms with Crippen molar-refractivity contribution in [1.29, 1.82) is 0 Å². The first-order chi connectivity index (χ1) is 14.5. The Kier molecular flexibility index (Phi) is 5.40. The van der Waals surface area contributed by atoms with Crippen LogP contribution >= 0.6 is 139 Å². The van der Waals surface area contributed by atoms with Crippen LogP contribution in [0.15, 0.2) is 20.1 Å². The van der Waals surface area contributed by atoms with Gasteiger partial charge >= 0.3 is 0 Å². The third kappa shape index (κ3) is 2.03. The maximum absolute atomic E-state index is 7.02. The van der Waals surface area contributed by atoms with E-state index < -0.39 is 28.2 Å². The fourth-order valence-electron chi connectivity index (χ4n) is 5.12. The van der Waals surface area contributed by atoms with E-state index in [-0.39, 0.29) is 53.9 Å². The molecule has 4 aliphatic carbocycles. The van der Waals surface area contributed by atoms with Gasteiger partial charge in [-0.2, -0.15) is 0 Å². The number of rotatable bonds is 2. The first kappa shape index (κ1) is 25.4. The summed E-state index contributed by atoms with van der Waals surface area (Å²) in [5.74, 6) is 0.124. The summed E-state index contributed by atoms with van der Waals surface area (Å²) in [5, 5.41) is -0.375. The summed E-state index contributed by atoms with van der Waals surface area (Å²) >= 11 is 81.2. The molecule has 14 heteroatoms. The number of hydrogen-bond acceptors (Lipinski definition) is 2. The van der Waals surface area contributed by atoms with Crippen LogP contribution in [0.4, 0.5) is 0 Å². The Hall–Kier alpha value is 1.78. The topological polar surface area (TPSA) is 18.5 Å². The highest BCUT2D eigenvalue weighted by atomic mass is 35.5. The molecule has 1 aromatic carbocycles. The Morgan fingerprint density at radius 3 is 0.781 bits per heavy atom. The fraction of sp³-hybridized carbons (Fsp3) is 0.444. The van der Waals surface area contributed by atoms with Gasteiger partial charge < -0.3 is 9.47 Å². The van der Waals surface area contributed by atoms with Crippen molar-refractivity contribution in [3.05, 3.63) is 42.4 Å². The summed E-state index contributed by atoms with van der Waals surface area (Å²) in [5.41, 5.74) is 0.682. The largest absolute Gasteiger partial charge is 0.496 e. The van der Waals surface area contributed by atoms with Crippen molar-refractivity contribution >= 4 is 139 Å². The van der Waals surface area contributed by atoms with Crippen molar-refractivity contribution in [3.63, 3.8) is 0 Å². The summed E-state index contributed by atoms with van der Waals surface area (Å²) in [7, 11) is 2.71. The number of allylic oxidation sites excluding steroid dienone is 4. The number of alkyl halides is 8. The summed E-state index contributed by atoms with van der Waals surface area (Å²) in [4.78, 5) is -7.41. The molecule has 1 aromatic rings. The van der Waals surface area contributed by atoms with Crippen LogP contribution in [0.25, 0.3) is 0 Å². The van der Waals surface area contributed by atoms with Gasteiger partial charge in [0.1, 0.15) is 31.0 Å². The van der Waals surface area contributed by atoms with E-state index in [2.05, 4.69) is 0 Å². The summed E-state index contributed by atoms with van der Waals surface area (Å²) < 4.78 is 7.55. The highest BCUT2D eigenvalue weighted by Crippen LogP contribution is 2.85. The molecule has 0 heterocycles. The standard InChI is InChI=1S/C18H6Cl12O2/c1-31-7-3-5(15(25)11(21)9(19)13(3,23)17(15,27)28)8(32-2)6-4(7)14(24)10(20)12(22)16(6,26)18(14,29)30/h1-2H3/t13-,14+,15+,16-. The third-order valence-electron chi connectivity index (χ3n) is 6.52. The van der Waals surface area contributed by atoms with Crippen LogP contribution in [-0.2, 0) is 19.5 Å². The van der Waals surface area contributed by atoms with Crippen LogP contribution < -0.4 is 9.47 Å². The van der Waals surface area contributed by atoms with E-state index in [1.54, 1.807) is 0 Å². The van der Waals surface area contributed by atoms with Crippen LogP contribution in [0.3, 0.4) is 0 Å². The second kappa shape index (κ2) is 6.80. The van der Waals surface area contributed by atoms with Crippen molar-refractivity contribution in [2.75, 3.05) is 14.2 Å². The molecule has 4 atom stereocenters. The van der Waals surface area contributed by atoms with Gasteiger partial charge in [0.05, 0.1) is 34.3 Å². The molecule has 2 nitrogen and oxygen atoms in total. The molecule has 0 aromatic heterocycles. The molecule has 5 rings (SSSR count). The molecule has 0 aliphatic heterocycles. The minimum Gasteiger partial charge on any atom is -0.496 e. The van der Waals surface area contributed by atoms with Crippen molar-refractivity contribution in [2.45, 2.75) is 28.2 Å². The second-order valence-corrected chi connectivity index (χ2v) is 14.0. The molecule has 0 saturated heterocycles. The Bertz CT molecular complexity index is 1050. The lowest BCUT2D eigenvalue weighted by molar-refractivity contribution is 0.385. The van der Waals surface area contributed by atoms with Crippen LogP contribution in [0.5, 0.6) is 11.5 Å². The van der Waals surface area contributed by atoms with E-state index in [0.29, 0.717) is 0 Å². The molecule has 4 aliphatic rings. The van der Waals surface area contributed by atoms with Gasteiger partial charge in [-0.1, -0.05) is 92.8 Å². The second-order valence-electron chi connectivity index (χ2n) is 7.61. The van der Waals surface area contributed by atoms with E-state index in [9.17, 15) is 0 Å². The average molecular weight is 680 g/mol. The van der Waals surface area contributed by atoms with Crippen molar-refractivity contribution < 1.29 is 9.47 Å². The Balaban J connectivity index is 2.08. The van der Waals surface area contributed by atoms with Gasteiger partial charge in [-0.15, -0.1) is 46.4 Å². The van der Waals surface area contributed by atoms with Crippen LogP contribution in [0.2, 0.25) is 0 Å². The van der Waals surface area contributed by atoms with Crippen LogP contribution in [0.1, 0.15) is 22.3 Å². The summed E-state index contributed by atoms with van der Waals surface area (Å²) in [6.07, 6.45) is 0. The molecule has 0 unspecified atom stereocenters. The predicted molar refractivity (Wildman–Crippen MR) is 136 cm³/mol. The molecule has 0 amide bonds. The lowest BCUT2D eigenvalue weighted by Crippen LogP contribution is -2.40. The van der Waals surface area contributed by atoms with E-state index >= 15 is 0 Å². The Morgan fingerprint density at radius 2 is 0.625 bits per heavy atom. The molecule has 32 heavy (non-hydrogen) atoms. The van der Waals surface area contributed by atoms with Crippen LogP contribution in [0, 0.1) is 0 Å². The van der Waals surface area contributed by atoms with Crippen molar-refractivity contribution in [3.8, 4) is 11.5 Å². The number of ether oxygens (including phenoxy) is 2. The van der Waals surface area contributed by atoms with Crippen molar-refractivity contribution in [1.82, 2.24) is 0 Å². The zero-order valence-corrected chi connectivity index (χ0v) is 24.4. The molecule has 0 N–H and O–H groups in total. The van der Waals surface area contributed by atoms with E-state index in [1.807, 2.05) is 0 Å². The lowest BCUT2D eigenvalue weighted by Gasteiger charge is -2.34. The smallest absolute Gasteiger partial charge is 0.174 e. The molecule has 0 radical (unpaired) electrons. The van der Waals surface area contributed by atoms with E-state index in [1.165, 1.54) is 14.2 Å². The maximum atomic E-state index is 7.02. The highest BCUT2D eigenvalue weighted by Gasteiger charge is 2.84. The predicted octanol–water partition coefficient (Wildman–Crippen LogP) is 9.22. The maximum Gasteiger partial charge on any atom is 0.174 e. The van der Waals surface area contributed by atoms with E-state index in [0.717, 1.165) is 0 Å². The number of benzene rings is 1. The fourth-order valence-corrected chi connectivity index (χ4v) is 10.5. The lowest BCUT2D eigenvalue weighted by atomic mass is 9.84. The zero-order chi connectivity index (χ0) is 24.2. The third-order valence-corrected chi connectivity index (χ3v) is 14.7. The van der Waals surface area contributed by atoms with E-state index in [4.69, 9.17) is 149 Å². The average Bonchev–Trinajstić information content (AvgIpc) is 3.07. The monoisotopic (exact) mass is 674 g/mol. The normalized spacial score (nSPS) is 39.7. The first-order valence-electron chi connectivity index (χ1n) is 8.49. The Labute approximate surface area is 242 Å². The molecule has 4 bridgehead atoms. The van der Waals surface area contributed by atoms with Gasteiger partial charge in [0.25, 0.3) is 0 Å². The van der Waals surface area contributed by atoms with Crippen LogP contribution in [-0.4, -0.2) is 22.9 Å². The molecular weight excluding hydrogens is 674 g/mol. The number of methoxy groups -OCH3 is 2. The van der Waals surface area contributed by atoms with Gasteiger partial charge in [-0.05, 0) is 0 Å². The zero-order valence-electron chi connectivity index (χ0n) is 15.4. The quantitative estimate of drug-likeness (QED) is 0.291. The SMILES string of the molecule is COc1c2c(c(OC)c3c1[C@@]1(Cl)C(Cl)=C(Cl)[C@]3(Cl)C1(Cl)Cl)[C@@]1(Cl)C(Cl)=C(Cl)[C@]2(Cl)C1(Cl)Cl. The molecule has 174 valence electrons. The van der Waals surface area contributed by atoms with Gasteiger partial charge in [-0.3, -0.25) is 0 Å². The van der Waals surface area contributed by atoms with Gasteiger partial charge in [0.15, 0.2) is 8.67 Å². The van der Waals surface area contributed by atoms with Gasteiger partial charge in [-0.25, -0.2) is 0 Å². The summed E-state index contributed by atoms with van der Waals surface area (Å²) in [6, 6.07) is 0. The summed E-state index contributed by atoms with van der Waals surface area (Å²) in [6.45, 7) is 0. The number of halogens is 12.